The Bertz CT molecular complexity index is 657. The summed E-state index contributed by atoms with van der Waals surface area (Å²) in [6.45, 7) is 5.46. The summed E-state index contributed by atoms with van der Waals surface area (Å²) in [5, 5.41) is 14.5. The average Bonchev–Trinajstić information content (AvgIpc) is 2.81. The van der Waals surface area contributed by atoms with Crippen LogP contribution in [-0.2, 0) is 6.54 Å². The van der Waals surface area contributed by atoms with Crippen LogP contribution >= 0.6 is 11.3 Å². The monoisotopic (exact) mass is 279 g/mol. The van der Waals surface area contributed by atoms with Gasteiger partial charge in [0, 0.05) is 15.3 Å². The normalized spacial score (nSPS) is 10.7. The second-order valence-corrected chi connectivity index (χ2v) is 5.80. The molecule has 0 N–H and O–H groups in total. The van der Waals surface area contributed by atoms with Crippen LogP contribution in [0.3, 0.4) is 0 Å². The first-order valence-electron chi connectivity index (χ1n) is 5.67. The molecule has 2 rings (SSSR count). The molecule has 0 fully saturated rings. The molecule has 2 aromatic rings. The van der Waals surface area contributed by atoms with Gasteiger partial charge < -0.3 is 10.1 Å². The van der Waals surface area contributed by atoms with Gasteiger partial charge in [-0.25, -0.2) is 0 Å². The molecule has 2 aromatic heterocycles. The number of aryl methyl sites for hydroxylation is 3. The molecule has 0 aromatic carbocycles. The standard InChI is InChI=1S/C12H13N3O3S/c1-7-5-14(13-12(7)15(17)18)6-11(16)10-4-8(2)19-9(10)3/h4-5H,6H2,1-3H3. The number of nitro groups is 1. The number of rotatable bonds is 4. The predicted octanol–water partition coefficient (Wildman–Crippen LogP) is 2.66. The molecule has 2 heterocycles. The highest BCUT2D eigenvalue weighted by atomic mass is 32.1. The number of Topliss-reactive ketones (excluding diaryl/α,β-unsaturated/α-hetero) is 1. The van der Waals surface area contributed by atoms with Gasteiger partial charge in [-0.05, 0) is 31.8 Å². The van der Waals surface area contributed by atoms with Gasteiger partial charge in [-0.1, -0.05) is 0 Å². The lowest BCUT2D eigenvalue weighted by Gasteiger charge is -1.97. The second kappa shape index (κ2) is 4.93. The largest absolute Gasteiger partial charge is 0.392 e. The summed E-state index contributed by atoms with van der Waals surface area (Å²) < 4.78 is 1.32. The lowest BCUT2D eigenvalue weighted by molar-refractivity contribution is -0.390. The van der Waals surface area contributed by atoms with Crippen LogP contribution in [-0.4, -0.2) is 20.5 Å². The lowest BCUT2D eigenvalue weighted by Crippen LogP contribution is -2.11. The zero-order chi connectivity index (χ0) is 14.2. The Labute approximate surface area is 113 Å². The summed E-state index contributed by atoms with van der Waals surface area (Å²) in [6.07, 6.45) is 1.52. The first-order chi connectivity index (χ1) is 8.88. The van der Waals surface area contributed by atoms with E-state index in [-0.39, 0.29) is 18.1 Å². The van der Waals surface area contributed by atoms with Crippen molar-refractivity contribution < 1.29 is 9.72 Å². The molecule has 0 aliphatic carbocycles. The minimum Gasteiger partial charge on any atom is -0.358 e. The topological polar surface area (TPSA) is 78.0 Å². The average molecular weight is 279 g/mol. The SMILES string of the molecule is Cc1cc(C(=O)Cn2cc(C)c([N+](=O)[O-])n2)c(C)s1. The maximum atomic E-state index is 12.1. The number of carbonyl (C=O) groups is 1. The summed E-state index contributed by atoms with van der Waals surface area (Å²) in [5.74, 6) is -0.287. The predicted molar refractivity (Wildman–Crippen MR) is 71.7 cm³/mol. The fraction of sp³-hybridized carbons (Fsp3) is 0.333. The molecule has 7 heteroatoms. The molecule has 19 heavy (non-hydrogen) atoms. The van der Waals surface area contributed by atoms with E-state index >= 15 is 0 Å². The minimum absolute atomic E-state index is 0.0195. The van der Waals surface area contributed by atoms with Crippen LogP contribution < -0.4 is 0 Å². The Balaban J connectivity index is 2.22. The molecular weight excluding hydrogens is 266 g/mol. The highest BCUT2D eigenvalue weighted by Gasteiger charge is 2.20. The van der Waals surface area contributed by atoms with Crippen molar-refractivity contribution in [2.45, 2.75) is 27.3 Å². The fourth-order valence-corrected chi connectivity index (χ4v) is 2.85. The van der Waals surface area contributed by atoms with E-state index in [1.165, 1.54) is 10.9 Å². The molecular formula is C12H13N3O3S. The molecule has 0 atom stereocenters. The van der Waals surface area contributed by atoms with Crippen LogP contribution in [0.5, 0.6) is 0 Å². The number of thiophene rings is 1. The highest BCUT2D eigenvalue weighted by Crippen LogP contribution is 2.22. The van der Waals surface area contributed by atoms with Crippen LogP contribution in [0.1, 0.15) is 25.7 Å². The first kappa shape index (κ1) is 13.4. The van der Waals surface area contributed by atoms with Crippen molar-refractivity contribution in [2.24, 2.45) is 0 Å². The number of hydrogen-bond acceptors (Lipinski definition) is 5. The molecule has 0 bridgehead atoms. The summed E-state index contributed by atoms with van der Waals surface area (Å²) in [4.78, 5) is 24.3. The van der Waals surface area contributed by atoms with Gasteiger partial charge in [0.15, 0.2) is 5.78 Å². The van der Waals surface area contributed by atoms with Crippen LogP contribution in [0.25, 0.3) is 0 Å². The van der Waals surface area contributed by atoms with E-state index in [1.54, 1.807) is 18.3 Å². The second-order valence-electron chi connectivity index (χ2n) is 4.34. The molecule has 6 nitrogen and oxygen atoms in total. The number of ketones is 1. The van der Waals surface area contributed by atoms with Crippen molar-refractivity contribution in [2.75, 3.05) is 0 Å². The van der Waals surface area contributed by atoms with E-state index in [0.717, 1.165) is 9.75 Å². The van der Waals surface area contributed by atoms with E-state index in [4.69, 9.17) is 0 Å². The van der Waals surface area contributed by atoms with Gasteiger partial charge in [0.1, 0.15) is 6.54 Å². The molecule has 0 spiro atoms. The minimum atomic E-state index is -0.545. The van der Waals surface area contributed by atoms with E-state index in [2.05, 4.69) is 5.10 Å². The van der Waals surface area contributed by atoms with Crippen LogP contribution in [0.4, 0.5) is 5.82 Å². The Kier molecular flexibility index (Phi) is 3.48. The van der Waals surface area contributed by atoms with Crippen LogP contribution in [0.15, 0.2) is 12.3 Å². The number of nitrogens with zero attached hydrogens (tertiary/aromatic N) is 3. The zero-order valence-corrected chi connectivity index (χ0v) is 11.7. The maximum Gasteiger partial charge on any atom is 0.392 e. The van der Waals surface area contributed by atoms with Crippen molar-refractivity contribution in [1.29, 1.82) is 0 Å². The van der Waals surface area contributed by atoms with E-state index < -0.39 is 4.92 Å². The van der Waals surface area contributed by atoms with Gasteiger partial charge in [-0.15, -0.1) is 11.3 Å². The van der Waals surface area contributed by atoms with Crippen molar-refractivity contribution in [1.82, 2.24) is 9.78 Å². The van der Waals surface area contributed by atoms with Crippen LogP contribution in [0.2, 0.25) is 0 Å². The highest BCUT2D eigenvalue weighted by molar-refractivity contribution is 7.12. The summed E-state index contributed by atoms with van der Waals surface area (Å²) in [7, 11) is 0. The quantitative estimate of drug-likeness (QED) is 0.489. The third kappa shape index (κ3) is 2.70. The third-order valence-electron chi connectivity index (χ3n) is 2.74. The van der Waals surface area contributed by atoms with Crippen LogP contribution in [0, 0.1) is 30.9 Å². The summed E-state index contributed by atoms with van der Waals surface area (Å²) in [6, 6.07) is 1.84. The lowest BCUT2D eigenvalue weighted by atomic mass is 10.1. The maximum absolute atomic E-state index is 12.1. The van der Waals surface area contributed by atoms with E-state index in [1.807, 2.05) is 19.9 Å². The third-order valence-corrected chi connectivity index (χ3v) is 3.70. The van der Waals surface area contributed by atoms with Crippen molar-refractivity contribution >= 4 is 22.9 Å². The molecule has 0 saturated heterocycles. The van der Waals surface area contributed by atoms with Gasteiger partial charge >= 0.3 is 5.82 Å². The smallest absolute Gasteiger partial charge is 0.358 e. The Morgan fingerprint density at radius 2 is 2.16 bits per heavy atom. The van der Waals surface area contributed by atoms with Crippen molar-refractivity contribution in [3.63, 3.8) is 0 Å². The molecule has 0 amide bonds. The number of hydrogen-bond donors (Lipinski definition) is 0. The van der Waals surface area contributed by atoms with E-state index in [0.29, 0.717) is 11.1 Å². The molecule has 100 valence electrons. The molecule has 0 unspecified atom stereocenters. The molecule has 0 aliphatic heterocycles. The Hall–Kier alpha value is -2.02. The Morgan fingerprint density at radius 3 is 2.63 bits per heavy atom. The number of carbonyl (C=O) groups excluding carboxylic acids is 1. The summed E-state index contributed by atoms with van der Waals surface area (Å²) in [5.41, 5.74) is 1.12. The van der Waals surface area contributed by atoms with Crippen molar-refractivity contribution in [3.8, 4) is 0 Å². The fourth-order valence-electron chi connectivity index (χ4n) is 1.91. The molecule has 0 aliphatic rings. The molecule has 0 radical (unpaired) electrons. The van der Waals surface area contributed by atoms with Gasteiger partial charge in [0.25, 0.3) is 0 Å². The van der Waals surface area contributed by atoms with Gasteiger partial charge in [-0.3, -0.25) is 4.79 Å². The summed E-state index contributed by atoms with van der Waals surface area (Å²) >= 11 is 1.56. The van der Waals surface area contributed by atoms with Gasteiger partial charge in [-0.2, -0.15) is 4.68 Å². The first-order valence-corrected chi connectivity index (χ1v) is 6.49. The van der Waals surface area contributed by atoms with E-state index in [9.17, 15) is 14.9 Å². The molecule has 0 saturated carbocycles. The number of aromatic nitrogens is 2. The zero-order valence-electron chi connectivity index (χ0n) is 10.8. The van der Waals surface area contributed by atoms with Gasteiger partial charge in [0.2, 0.25) is 0 Å². The Morgan fingerprint density at radius 1 is 1.47 bits per heavy atom. The van der Waals surface area contributed by atoms with Gasteiger partial charge in [0.05, 0.1) is 16.9 Å². The van der Waals surface area contributed by atoms with Crippen molar-refractivity contribution in [3.05, 3.63) is 43.3 Å².